The van der Waals surface area contributed by atoms with Crippen molar-refractivity contribution >= 4 is 34.9 Å². The van der Waals surface area contributed by atoms with Gasteiger partial charge in [0.15, 0.2) is 11.0 Å². The molecule has 1 saturated heterocycles. The van der Waals surface area contributed by atoms with Crippen LogP contribution in [0.4, 0.5) is 10.1 Å². The van der Waals surface area contributed by atoms with Crippen molar-refractivity contribution in [3.8, 4) is 0 Å². The minimum Gasteiger partial charge on any atom is -0.480 e. The molecule has 0 radical (unpaired) electrons. The Hall–Kier alpha value is -1.93. The summed E-state index contributed by atoms with van der Waals surface area (Å²) in [6.45, 7) is 4.57. The summed E-state index contributed by atoms with van der Waals surface area (Å²) in [6.07, 6.45) is 4.53. The number of halogens is 3. The van der Waals surface area contributed by atoms with Gasteiger partial charge in [0.25, 0.3) is 0 Å². The van der Waals surface area contributed by atoms with Gasteiger partial charge in [0, 0.05) is 34.0 Å². The zero-order valence-electron chi connectivity index (χ0n) is 18.4. The molecule has 2 aromatic rings. The number of nitrogens with one attached hydrogen (secondary N) is 2. The van der Waals surface area contributed by atoms with Crippen molar-refractivity contribution in [1.29, 1.82) is 0 Å². The average molecular weight is 494 g/mol. The molecule has 1 aliphatic carbocycles. The van der Waals surface area contributed by atoms with Crippen molar-refractivity contribution in [1.82, 2.24) is 10.3 Å². The molecule has 2 fully saturated rings. The van der Waals surface area contributed by atoms with E-state index in [0.29, 0.717) is 17.9 Å². The Balaban J connectivity index is 1.80. The minimum atomic E-state index is -1.15. The lowest BCUT2D eigenvalue weighted by molar-refractivity contribution is -0.141. The number of aromatic nitrogens is 1. The second-order valence-corrected chi connectivity index (χ2v) is 10.9. The molecule has 1 aromatic heterocycles. The SMILES string of the molecule is CC1(C)CCC2(CC1)N[C@@H](C(=O)O)[C@H](c1ccnc(Cl)c1F)C21OCNc2cc(Cl)ccc21. The Labute approximate surface area is 201 Å². The minimum absolute atomic E-state index is 0.117. The third kappa shape index (κ3) is 3.35. The van der Waals surface area contributed by atoms with Crippen molar-refractivity contribution in [2.75, 3.05) is 12.0 Å². The number of carboxylic acid groups (broad SMARTS) is 1. The monoisotopic (exact) mass is 493 g/mol. The molecule has 3 N–H and O–H groups in total. The fourth-order valence-corrected chi connectivity index (χ4v) is 6.45. The maximum absolute atomic E-state index is 15.4. The van der Waals surface area contributed by atoms with Gasteiger partial charge >= 0.3 is 5.97 Å². The maximum atomic E-state index is 15.4. The molecule has 1 saturated carbocycles. The van der Waals surface area contributed by atoms with Gasteiger partial charge in [-0.3, -0.25) is 10.1 Å². The van der Waals surface area contributed by atoms with E-state index in [1.807, 2.05) is 12.1 Å². The fourth-order valence-electron chi connectivity index (χ4n) is 6.11. The molecular weight excluding hydrogens is 468 g/mol. The summed E-state index contributed by atoms with van der Waals surface area (Å²) in [6, 6.07) is 5.87. The van der Waals surface area contributed by atoms with Crippen LogP contribution in [0.1, 0.15) is 56.6 Å². The Morgan fingerprint density at radius 3 is 2.64 bits per heavy atom. The molecular formula is C24H26Cl2FN3O3. The number of aliphatic carboxylic acids is 1. The number of ether oxygens (including phenoxy) is 1. The molecule has 2 spiro atoms. The van der Waals surface area contributed by atoms with Crippen LogP contribution in [-0.2, 0) is 15.1 Å². The zero-order valence-corrected chi connectivity index (χ0v) is 19.9. The van der Waals surface area contributed by atoms with Crippen LogP contribution in [-0.4, -0.2) is 34.4 Å². The van der Waals surface area contributed by atoms with Crippen LogP contribution in [0, 0.1) is 11.2 Å². The second-order valence-electron chi connectivity index (χ2n) is 10.1. The normalized spacial score (nSPS) is 29.6. The topological polar surface area (TPSA) is 83.5 Å². The molecule has 1 aromatic carbocycles. The van der Waals surface area contributed by atoms with E-state index in [1.165, 1.54) is 12.3 Å². The van der Waals surface area contributed by atoms with Gasteiger partial charge in [-0.1, -0.05) is 43.1 Å². The standard InChI is InChI=1S/C24H26Cl2FN3O3/c1-22(2)6-8-23(9-7-22)24(15-4-3-13(25)11-16(15)29-12-33-24)17(19(30-23)21(31)32)14-5-10-28-20(26)18(14)27/h3-5,10-11,17,19,29-30H,6-9,12H2,1-2H3,(H,31,32)/t17-,19+,24?/m0/s1. The molecule has 0 amide bonds. The largest absolute Gasteiger partial charge is 0.480 e. The van der Waals surface area contributed by atoms with E-state index in [4.69, 9.17) is 27.9 Å². The third-order valence-electron chi connectivity index (χ3n) is 7.79. The number of pyridine rings is 1. The van der Waals surface area contributed by atoms with Gasteiger partial charge in [-0.05, 0) is 49.3 Å². The first-order valence-electron chi connectivity index (χ1n) is 11.1. The third-order valence-corrected chi connectivity index (χ3v) is 8.29. The second kappa shape index (κ2) is 7.80. The summed E-state index contributed by atoms with van der Waals surface area (Å²) in [5.41, 5.74) is -0.0414. The lowest BCUT2D eigenvalue weighted by atomic mass is 9.58. The number of fused-ring (bicyclic) bond motifs is 3. The number of nitrogens with zero attached hydrogens (tertiary/aromatic N) is 1. The predicted octanol–water partition coefficient (Wildman–Crippen LogP) is 5.30. The van der Waals surface area contributed by atoms with Gasteiger partial charge in [-0.25, -0.2) is 9.37 Å². The number of hydrogen-bond donors (Lipinski definition) is 3. The van der Waals surface area contributed by atoms with Crippen LogP contribution >= 0.6 is 23.2 Å². The highest BCUT2D eigenvalue weighted by atomic mass is 35.5. The molecule has 6 nitrogen and oxygen atoms in total. The first kappa shape index (κ1) is 22.8. The van der Waals surface area contributed by atoms with Crippen LogP contribution in [0.5, 0.6) is 0 Å². The summed E-state index contributed by atoms with van der Waals surface area (Å²) in [7, 11) is 0. The predicted molar refractivity (Wildman–Crippen MR) is 124 cm³/mol. The van der Waals surface area contributed by atoms with Crippen LogP contribution < -0.4 is 10.6 Å². The van der Waals surface area contributed by atoms with Crippen molar-refractivity contribution in [3.05, 3.63) is 57.6 Å². The summed E-state index contributed by atoms with van der Waals surface area (Å²) in [4.78, 5) is 16.4. The molecule has 5 rings (SSSR count). The van der Waals surface area contributed by atoms with Gasteiger partial charge < -0.3 is 15.2 Å². The zero-order chi connectivity index (χ0) is 23.6. The lowest BCUT2D eigenvalue weighted by Gasteiger charge is -2.54. The lowest BCUT2D eigenvalue weighted by Crippen LogP contribution is -2.61. The Morgan fingerprint density at radius 1 is 1.21 bits per heavy atom. The van der Waals surface area contributed by atoms with Crippen molar-refractivity contribution in [2.45, 2.75) is 62.6 Å². The van der Waals surface area contributed by atoms with E-state index in [-0.39, 0.29) is 22.9 Å². The number of anilines is 1. The van der Waals surface area contributed by atoms with Crippen molar-refractivity contribution in [3.63, 3.8) is 0 Å². The Morgan fingerprint density at radius 2 is 1.94 bits per heavy atom. The maximum Gasteiger partial charge on any atom is 0.321 e. The highest BCUT2D eigenvalue weighted by Crippen LogP contribution is 2.63. The smallest absolute Gasteiger partial charge is 0.321 e. The molecule has 33 heavy (non-hydrogen) atoms. The first-order valence-corrected chi connectivity index (χ1v) is 11.8. The summed E-state index contributed by atoms with van der Waals surface area (Å²) < 4.78 is 22.0. The first-order chi connectivity index (χ1) is 15.6. The number of carboxylic acids is 1. The summed E-state index contributed by atoms with van der Waals surface area (Å²) in [5.74, 6) is -2.66. The van der Waals surface area contributed by atoms with Crippen molar-refractivity contribution < 1.29 is 19.0 Å². The Kier molecular flexibility index (Phi) is 5.40. The van der Waals surface area contributed by atoms with E-state index >= 15 is 4.39 Å². The summed E-state index contributed by atoms with van der Waals surface area (Å²) in [5, 5.41) is 17.2. The number of carbonyl (C=O) groups is 1. The quantitative estimate of drug-likeness (QED) is 0.492. The van der Waals surface area contributed by atoms with E-state index in [2.05, 4.69) is 29.5 Å². The van der Waals surface area contributed by atoms with Gasteiger partial charge in [-0.2, -0.15) is 0 Å². The Bertz CT molecular complexity index is 1120. The average Bonchev–Trinajstić information content (AvgIpc) is 3.03. The van der Waals surface area contributed by atoms with Gasteiger partial charge in [0.05, 0.1) is 5.54 Å². The molecule has 3 aliphatic rings. The number of benzene rings is 1. The van der Waals surface area contributed by atoms with E-state index in [9.17, 15) is 9.90 Å². The van der Waals surface area contributed by atoms with Gasteiger partial charge in [-0.15, -0.1) is 0 Å². The highest BCUT2D eigenvalue weighted by molar-refractivity contribution is 6.31. The number of rotatable bonds is 2. The van der Waals surface area contributed by atoms with Crippen molar-refractivity contribution in [2.24, 2.45) is 5.41 Å². The van der Waals surface area contributed by atoms with E-state index in [0.717, 1.165) is 24.1 Å². The van der Waals surface area contributed by atoms with Crippen LogP contribution in [0.2, 0.25) is 10.2 Å². The summed E-state index contributed by atoms with van der Waals surface area (Å²) >= 11 is 12.3. The molecule has 176 valence electrons. The van der Waals surface area contributed by atoms with Crippen LogP contribution in [0.25, 0.3) is 0 Å². The van der Waals surface area contributed by atoms with Crippen LogP contribution in [0.3, 0.4) is 0 Å². The molecule has 3 heterocycles. The van der Waals surface area contributed by atoms with Gasteiger partial charge in [0.1, 0.15) is 18.4 Å². The number of hydrogen-bond acceptors (Lipinski definition) is 5. The molecule has 3 atom stereocenters. The van der Waals surface area contributed by atoms with Gasteiger partial charge in [0.2, 0.25) is 0 Å². The molecule has 0 bridgehead atoms. The fraction of sp³-hybridized carbons (Fsp3) is 0.500. The van der Waals surface area contributed by atoms with Crippen LogP contribution in [0.15, 0.2) is 30.5 Å². The highest BCUT2D eigenvalue weighted by Gasteiger charge is 2.69. The molecule has 2 aliphatic heterocycles. The van der Waals surface area contributed by atoms with E-state index < -0.39 is 34.9 Å². The molecule has 1 unspecified atom stereocenters. The molecule has 9 heteroatoms. The van der Waals surface area contributed by atoms with E-state index in [1.54, 1.807) is 6.07 Å².